The van der Waals surface area contributed by atoms with Crippen LogP contribution in [-0.2, 0) is 6.42 Å². The van der Waals surface area contributed by atoms with E-state index in [0.29, 0.717) is 17.6 Å². The van der Waals surface area contributed by atoms with Crippen LogP contribution in [-0.4, -0.2) is 10.2 Å². The van der Waals surface area contributed by atoms with Gasteiger partial charge in [0.2, 0.25) is 0 Å². The summed E-state index contributed by atoms with van der Waals surface area (Å²) in [7, 11) is 0. The SMILES string of the molecule is OC1=C(c2ccc3ccccc3c2O)C(=C2c3ccccc3-c3ccccc32)Cc2ccccc21. The highest BCUT2D eigenvalue weighted by Gasteiger charge is 2.32. The van der Waals surface area contributed by atoms with E-state index >= 15 is 0 Å². The van der Waals surface area contributed by atoms with Gasteiger partial charge in [-0.05, 0) is 56.8 Å². The normalized spacial score (nSPS) is 14.2. The fourth-order valence-corrected chi connectivity index (χ4v) is 5.76. The minimum atomic E-state index is 0.196. The van der Waals surface area contributed by atoms with Crippen molar-refractivity contribution in [3.05, 3.63) is 143 Å². The number of aliphatic hydroxyl groups excluding tert-OH is 1. The Morgan fingerprint density at radius 3 is 1.74 bits per heavy atom. The van der Waals surface area contributed by atoms with E-state index in [2.05, 4.69) is 54.6 Å². The van der Waals surface area contributed by atoms with Crippen LogP contribution in [0.3, 0.4) is 0 Å². The van der Waals surface area contributed by atoms with Crippen molar-refractivity contribution < 1.29 is 10.2 Å². The summed E-state index contributed by atoms with van der Waals surface area (Å²) in [4.78, 5) is 0. The summed E-state index contributed by atoms with van der Waals surface area (Å²) in [5, 5.41) is 24.9. The maximum absolute atomic E-state index is 11.7. The quantitative estimate of drug-likeness (QED) is 0.266. The molecule has 166 valence electrons. The van der Waals surface area contributed by atoms with Crippen molar-refractivity contribution in [2.24, 2.45) is 0 Å². The van der Waals surface area contributed by atoms with E-state index in [9.17, 15) is 10.2 Å². The highest BCUT2D eigenvalue weighted by atomic mass is 16.3. The number of aliphatic hydroxyl groups is 1. The lowest BCUT2D eigenvalue weighted by molar-refractivity contribution is 0.478. The van der Waals surface area contributed by atoms with Gasteiger partial charge in [0, 0.05) is 22.1 Å². The van der Waals surface area contributed by atoms with E-state index in [1.165, 1.54) is 11.1 Å². The molecule has 0 aromatic heterocycles. The van der Waals surface area contributed by atoms with Crippen LogP contribution in [0.15, 0.2) is 115 Å². The number of fused-ring (bicyclic) bond motifs is 5. The van der Waals surface area contributed by atoms with Gasteiger partial charge in [-0.2, -0.15) is 0 Å². The number of rotatable bonds is 1. The minimum absolute atomic E-state index is 0.196. The molecule has 0 radical (unpaired) electrons. The first kappa shape index (κ1) is 19.9. The van der Waals surface area contributed by atoms with E-state index in [0.717, 1.165) is 44.2 Å². The van der Waals surface area contributed by atoms with Crippen LogP contribution in [0.2, 0.25) is 0 Å². The zero-order valence-electron chi connectivity index (χ0n) is 19.0. The lowest BCUT2D eigenvalue weighted by Gasteiger charge is -2.26. The second-order valence-electron chi connectivity index (χ2n) is 9.19. The first-order chi connectivity index (χ1) is 17.2. The maximum atomic E-state index is 11.7. The summed E-state index contributed by atoms with van der Waals surface area (Å²) in [6.07, 6.45) is 0.667. The standard InChI is InChI=1S/C33H22O2/c34-32-22-11-3-1-9-20(22)17-18-28(32)31-29(19-21-10-2-4-12-23(21)33(31)35)30-26-15-7-5-13-24(26)25-14-6-8-16-27(25)30/h1-18,34-35H,19H2. The Hall–Kier alpha value is -4.56. The predicted molar refractivity (Wildman–Crippen MR) is 143 cm³/mol. The van der Waals surface area contributed by atoms with Gasteiger partial charge in [-0.3, -0.25) is 0 Å². The van der Waals surface area contributed by atoms with Gasteiger partial charge < -0.3 is 10.2 Å². The van der Waals surface area contributed by atoms with Crippen molar-refractivity contribution >= 4 is 27.7 Å². The van der Waals surface area contributed by atoms with Gasteiger partial charge in [-0.1, -0.05) is 103 Å². The lowest BCUT2D eigenvalue weighted by Crippen LogP contribution is -2.10. The fraction of sp³-hybridized carbons (Fsp3) is 0.0303. The summed E-state index contributed by atoms with van der Waals surface area (Å²) in [6.45, 7) is 0. The van der Waals surface area contributed by atoms with Crippen molar-refractivity contribution in [3.8, 4) is 16.9 Å². The molecule has 2 N–H and O–H groups in total. The lowest BCUT2D eigenvalue weighted by atomic mass is 9.78. The molecule has 0 saturated heterocycles. The Kier molecular flexibility index (Phi) is 4.24. The molecule has 2 nitrogen and oxygen atoms in total. The van der Waals surface area contributed by atoms with Crippen molar-refractivity contribution in [1.82, 2.24) is 0 Å². The molecule has 2 aliphatic rings. The van der Waals surface area contributed by atoms with E-state index < -0.39 is 0 Å². The Morgan fingerprint density at radius 1 is 0.457 bits per heavy atom. The van der Waals surface area contributed by atoms with Gasteiger partial charge in [0.1, 0.15) is 11.5 Å². The minimum Gasteiger partial charge on any atom is -0.507 e. The monoisotopic (exact) mass is 450 g/mol. The number of hydrogen-bond donors (Lipinski definition) is 2. The molecule has 5 aromatic carbocycles. The Bertz CT molecular complexity index is 1690. The third kappa shape index (κ3) is 2.83. The van der Waals surface area contributed by atoms with Crippen LogP contribution >= 0.6 is 0 Å². The third-order valence-electron chi connectivity index (χ3n) is 7.33. The smallest absolute Gasteiger partial charge is 0.131 e. The molecule has 0 amide bonds. The molecule has 7 rings (SSSR count). The fourth-order valence-electron chi connectivity index (χ4n) is 5.76. The number of aromatic hydroxyl groups is 1. The number of benzene rings is 5. The molecule has 0 atom stereocenters. The highest BCUT2D eigenvalue weighted by Crippen LogP contribution is 2.52. The molecule has 2 heteroatoms. The van der Waals surface area contributed by atoms with E-state index in [-0.39, 0.29) is 11.5 Å². The summed E-state index contributed by atoms with van der Waals surface area (Å²) >= 11 is 0. The van der Waals surface area contributed by atoms with Crippen LogP contribution in [0, 0.1) is 0 Å². The molecule has 0 aliphatic heterocycles. The summed E-state index contributed by atoms with van der Waals surface area (Å²) in [5.41, 5.74) is 10.1. The zero-order chi connectivity index (χ0) is 23.5. The Morgan fingerprint density at radius 2 is 1.03 bits per heavy atom. The van der Waals surface area contributed by atoms with Crippen LogP contribution < -0.4 is 0 Å². The molecular formula is C33H22O2. The first-order valence-electron chi connectivity index (χ1n) is 11.9. The van der Waals surface area contributed by atoms with Crippen LogP contribution in [0.4, 0.5) is 0 Å². The average molecular weight is 451 g/mol. The van der Waals surface area contributed by atoms with Gasteiger partial charge in [0.25, 0.3) is 0 Å². The molecule has 0 fully saturated rings. The molecule has 35 heavy (non-hydrogen) atoms. The molecule has 0 saturated carbocycles. The number of phenols is 1. The van der Waals surface area contributed by atoms with Crippen molar-refractivity contribution in [1.29, 1.82) is 0 Å². The molecule has 0 heterocycles. The predicted octanol–water partition coefficient (Wildman–Crippen LogP) is 8.01. The van der Waals surface area contributed by atoms with Crippen LogP contribution in [0.5, 0.6) is 5.75 Å². The average Bonchev–Trinajstić information content (AvgIpc) is 3.24. The summed E-state index contributed by atoms with van der Waals surface area (Å²) in [5.74, 6) is 0.406. The largest absolute Gasteiger partial charge is 0.507 e. The van der Waals surface area contributed by atoms with Gasteiger partial charge in [-0.25, -0.2) is 0 Å². The Balaban J connectivity index is 1.61. The molecular weight excluding hydrogens is 428 g/mol. The molecule has 5 aromatic rings. The molecule has 0 bridgehead atoms. The van der Waals surface area contributed by atoms with E-state index in [1.807, 2.05) is 54.6 Å². The number of allylic oxidation sites excluding steroid dienone is 2. The molecule has 0 spiro atoms. The van der Waals surface area contributed by atoms with Crippen molar-refractivity contribution in [3.63, 3.8) is 0 Å². The van der Waals surface area contributed by atoms with Crippen molar-refractivity contribution in [2.75, 3.05) is 0 Å². The first-order valence-corrected chi connectivity index (χ1v) is 11.9. The second kappa shape index (κ2) is 7.48. The number of hydrogen-bond acceptors (Lipinski definition) is 2. The van der Waals surface area contributed by atoms with Gasteiger partial charge in [0.15, 0.2) is 0 Å². The summed E-state index contributed by atoms with van der Waals surface area (Å²) in [6, 6.07) is 36.7. The Labute approximate surface area is 203 Å². The zero-order valence-corrected chi connectivity index (χ0v) is 19.0. The highest BCUT2D eigenvalue weighted by molar-refractivity contribution is 6.12. The van der Waals surface area contributed by atoms with Crippen LogP contribution in [0.1, 0.15) is 27.8 Å². The van der Waals surface area contributed by atoms with Gasteiger partial charge in [-0.15, -0.1) is 0 Å². The van der Waals surface area contributed by atoms with E-state index in [4.69, 9.17) is 0 Å². The van der Waals surface area contributed by atoms with Crippen molar-refractivity contribution in [2.45, 2.75) is 6.42 Å². The molecule has 2 aliphatic carbocycles. The van der Waals surface area contributed by atoms with E-state index in [1.54, 1.807) is 0 Å². The summed E-state index contributed by atoms with van der Waals surface area (Å²) < 4.78 is 0. The third-order valence-corrected chi connectivity index (χ3v) is 7.33. The topological polar surface area (TPSA) is 40.5 Å². The maximum Gasteiger partial charge on any atom is 0.131 e. The van der Waals surface area contributed by atoms with Gasteiger partial charge in [0.05, 0.1) is 0 Å². The molecule has 0 unspecified atom stereocenters. The second-order valence-corrected chi connectivity index (χ2v) is 9.19. The van der Waals surface area contributed by atoms with Crippen LogP contribution in [0.25, 0.3) is 38.8 Å². The van der Waals surface area contributed by atoms with Gasteiger partial charge >= 0.3 is 0 Å². The number of phenolic OH excluding ortho intramolecular Hbond substituents is 1.